The highest BCUT2D eigenvalue weighted by atomic mass is 19.3. The van der Waals surface area contributed by atoms with Crippen molar-refractivity contribution in [2.24, 2.45) is 5.41 Å². The lowest BCUT2D eigenvalue weighted by molar-refractivity contribution is 0.0145. The predicted octanol–water partition coefficient (Wildman–Crippen LogP) is 1.78. The number of nitrogens with one attached hydrogen (secondary N) is 1. The van der Waals surface area contributed by atoms with Crippen LogP contribution in [0.15, 0.2) is 0 Å². The molecule has 0 aromatic carbocycles. The van der Waals surface area contributed by atoms with E-state index in [9.17, 15) is 8.78 Å². The van der Waals surface area contributed by atoms with Crippen molar-refractivity contribution in [3.8, 4) is 0 Å². The van der Waals surface area contributed by atoms with Crippen LogP contribution in [0.1, 0.15) is 26.2 Å². The van der Waals surface area contributed by atoms with Crippen molar-refractivity contribution in [1.29, 1.82) is 0 Å². The van der Waals surface area contributed by atoms with Crippen LogP contribution in [0, 0.1) is 5.41 Å². The average Bonchev–Trinajstić information content (AvgIpc) is 2.34. The molecule has 64 valence electrons. The van der Waals surface area contributed by atoms with Crippen molar-refractivity contribution >= 4 is 0 Å². The molecule has 0 radical (unpaired) electrons. The molecule has 2 rings (SSSR count). The molecule has 2 aliphatic carbocycles. The predicted molar refractivity (Wildman–Crippen MR) is 38.7 cm³/mol. The van der Waals surface area contributed by atoms with Crippen LogP contribution in [0.25, 0.3) is 0 Å². The van der Waals surface area contributed by atoms with E-state index in [0.717, 1.165) is 6.54 Å². The van der Waals surface area contributed by atoms with Crippen molar-refractivity contribution in [1.82, 2.24) is 5.32 Å². The Hall–Kier alpha value is -0.180. The van der Waals surface area contributed by atoms with Gasteiger partial charge in [0, 0.05) is 17.9 Å². The van der Waals surface area contributed by atoms with E-state index in [2.05, 4.69) is 5.32 Å². The zero-order valence-electron chi connectivity index (χ0n) is 6.66. The van der Waals surface area contributed by atoms with Crippen LogP contribution >= 0.6 is 0 Å². The van der Waals surface area contributed by atoms with E-state index in [1.165, 1.54) is 0 Å². The third kappa shape index (κ3) is 0.901. The van der Waals surface area contributed by atoms with Crippen molar-refractivity contribution in [2.45, 2.75) is 38.2 Å². The lowest BCUT2D eigenvalue weighted by atomic mass is 9.76. The molecule has 0 bridgehead atoms. The first kappa shape index (κ1) is 7.47. The molecule has 0 unspecified atom stereocenters. The maximum Gasteiger partial charge on any atom is 0.254 e. The molecule has 2 aliphatic rings. The summed E-state index contributed by atoms with van der Waals surface area (Å²) in [6, 6.07) is 0.369. The fourth-order valence-electron chi connectivity index (χ4n) is 2.14. The molecular weight excluding hydrogens is 148 g/mol. The second-order valence-electron chi connectivity index (χ2n) is 3.82. The highest BCUT2D eigenvalue weighted by Gasteiger charge is 2.75. The molecule has 0 atom stereocenters. The minimum atomic E-state index is -2.32. The SMILES string of the molecule is CCNC1CC2(C1)CC2(F)F. The third-order valence-corrected chi connectivity index (χ3v) is 2.98. The quantitative estimate of drug-likeness (QED) is 0.651. The van der Waals surface area contributed by atoms with Gasteiger partial charge in [0.1, 0.15) is 0 Å². The van der Waals surface area contributed by atoms with Gasteiger partial charge in [0.15, 0.2) is 0 Å². The zero-order valence-corrected chi connectivity index (χ0v) is 6.66. The summed E-state index contributed by atoms with van der Waals surface area (Å²) in [5, 5.41) is 3.18. The summed E-state index contributed by atoms with van der Waals surface area (Å²) in [7, 11) is 0. The fourth-order valence-corrected chi connectivity index (χ4v) is 2.14. The highest BCUT2D eigenvalue weighted by Crippen LogP contribution is 2.70. The van der Waals surface area contributed by atoms with Crippen LogP contribution in [-0.4, -0.2) is 18.5 Å². The Bertz CT molecular complexity index is 173. The monoisotopic (exact) mass is 161 g/mol. The van der Waals surface area contributed by atoms with Crippen LogP contribution in [-0.2, 0) is 0 Å². The maximum atomic E-state index is 12.6. The number of hydrogen-bond donors (Lipinski definition) is 1. The molecule has 1 spiro atoms. The third-order valence-electron chi connectivity index (χ3n) is 2.98. The first-order valence-electron chi connectivity index (χ1n) is 4.21. The maximum absolute atomic E-state index is 12.6. The van der Waals surface area contributed by atoms with Crippen LogP contribution in [0.2, 0.25) is 0 Å². The van der Waals surface area contributed by atoms with Crippen LogP contribution < -0.4 is 5.32 Å². The van der Waals surface area contributed by atoms with E-state index in [-0.39, 0.29) is 6.42 Å². The first-order valence-corrected chi connectivity index (χ1v) is 4.21. The molecule has 11 heavy (non-hydrogen) atoms. The molecule has 0 amide bonds. The molecule has 3 heteroatoms. The lowest BCUT2D eigenvalue weighted by Gasteiger charge is -2.36. The molecular formula is C8H13F2N. The largest absolute Gasteiger partial charge is 0.314 e. The highest BCUT2D eigenvalue weighted by molar-refractivity contribution is 5.18. The minimum Gasteiger partial charge on any atom is -0.314 e. The van der Waals surface area contributed by atoms with Crippen molar-refractivity contribution in [2.75, 3.05) is 6.54 Å². The van der Waals surface area contributed by atoms with Gasteiger partial charge in [0.2, 0.25) is 0 Å². The van der Waals surface area contributed by atoms with Gasteiger partial charge in [0.05, 0.1) is 0 Å². The van der Waals surface area contributed by atoms with Gasteiger partial charge in [-0.3, -0.25) is 0 Å². The number of rotatable bonds is 2. The van der Waals surface area contributed by atoms with Gasteiger partial charge in [-0.05, 0) is 19.4 Å². The van der Waals surface area contributed by atoms with E-state index >= 15 is 0 Å². The van der Waals surface area contributed by atoms with Gasteiger partial charge in [-0.1, -0.05) is 6.92 Å². The smallest absolute Gasteiger partial charge is 0.254 e. The number of halogens is 2. The fraction of sp³-hybridized carbons (Fsp3) is 1.00. The summed E-state index contributed by atoms with van der Waals surface area (Å²) < 4.78 is 25.2. The Morgan fingerprint density at radius 1 is 1.45 bits per heavy atom. The summed E-state index contributed by atoms with van der Waals surface area (Å²) in [4.78, 5) is 0. The Morgan fingerprint density at radius 3 is 2.36 bits per heavy atom. The zero-order chi connectivity index (χ0) is 8.11. The van der Waals surface area contributed by atoms with Gasteiger partial charge < -0.3 is 5.32 Å². The normalized spacial score (nSPS) is 45.5. The number of alkyl halides is 2. The molecule has 0 saturated heterocycles. The Labute approximate surface area is 65.2 Å². The summed E-state index contributed by atoms with van der Waals surface area (Å²) in [5.41, 5.74) is -0.556. The lowest BCUT2D eigenvalue weighted by Crippen LogP contribution is -2.44. The molecule has 0 aliphatic heterocycles. The second kappa shape index (κ2) is 1.94. The molecule has 0 aromatic heterocycles. The molecule has 0 heterocycles. The topological polar surface area (TPSA) is 12.0 Å². The van der Waals surface area contributed by atoms with Crippen molar-refractivity contribution in [3.63, 3.8) is 0 Å². The van der Waals surface area contributed by atoms with E-state index in [1.54, 1.807) is 0 Å². The van der Waals surface area contributed by atoms with Crippen LogP contribution in [0.5, 0.6) is 0 Å². The van der Waals surface area contributed by atoms with E-state index in [0.29, 0.717) is 18.9 Å². The molecule has 0 aromatic rings. The van der Waals surface area contributed by atoms with E-state index in [4.69, 9.17) is 0 Å². The molecule has 1 N–H and O–H groups in total. The first-order chi connectivity index (χ1) is 5.10. The van der Waals surface area contributed by atoms with Gasteiger partial charge >= 0.3 is 0 Å². The molecule has 1 nitrogen and oxygen atoms in total. The standard InChI is InChI=1S/C8H13F2N/c1-2-11-6-3-7(4-6)5-8(7,9)10/h6,11H,2-5H2,1H3. The second-order valence-corrected chi connectivity index (χ2v) is 3.82. The Kier molecular flexibility index (Phi) is 1.32. The van der Waals surface area contributed by atoms with Crippen molar-refractivity contribution in [3.05, 3.63) is 0 Å². The number of hydrogen-bond acceptors (Lipinski definition) is 1. The van der Waals surface area contributed by atoms with E-state index < -0.39 is 11.3 Å². The summed E-state index contributed by atoms with van der Waals surface area (Å²) in [5.74, 6) is -2.32. The van der Waals surface area contributed by atoms with Crippen molar-refractivity contribution < 1.29 is 8.78 Å². The van der Waals surface area contributed by atoms with Gasteiger partial charge in [-0.2, -0.15) is 0 Å². The van der Waals surface area contributed by atoms with Crippen LogP contribution in [0.3, 0.4) is 0 Å². The molecule has 2 saturated carbocycles. The Balaban J connectivity index is 1.81. The van der Waals surface area contributed by atoms with Gasteiger partial charge in [-0.15, -0.1) is 0 Å². The van der Waals surface area contributed by atoms with Crippen LogP contribution in [0.4, 0.5) is 8.78 Å². The molecule has 2 fully saturated rings. The minimum absolute atomic E-state index is 0.141. The summed E-state index contributed by atoms with van der Waals surface area (Å²) in [6.07, 6.45) is 1.52. The van der Waals surface area contributed by atoms with Gasteiger partial charge in [0.25, 0.3) is 5.92 Å². The van der Waals surface area contributed by atoms with E-state index in [1.807, 2.05) is 6.92 Å². The summed E-state index contributed by atoms with van der Waals surface area (Å²) in [6.45, 7) is 2.91. The average molecular weight is 161 g/mol. The Morgan fingerprint density at radius 2 is 2.00 bits per heavy atom. The summed E-state index contributed by atoms with van der Waals surface area (Å²) >= 11 is 0. The van der Waals surface area contributed by atoms with Gasteiger partial charge in [-0.25, -0.2) is 8.78 Å².